The highest BCUT2D eigenvalue weighted by molar-refractivity contribution is 5.94. The minimum atomic E-state index is -0.971. The average Bonchev–Trinajstić information content (AvgIpc) is 2.77. The Hall–Kier alpha value is -1.71. The molecule has 3 N–H and O–H groups in total. The monoisotopic (exact) mass is 248 g/mol. The Kier molecular flexibility index (Phi) is 3.45. The first kappa shape index (κ1) is 12.7. The van der Waals surface area contributed by atoms with E-state index in [1.807, 2.05) is 6.07 Å². The molecule has 0 saturated carbocycles. The van der Waals surface area contributed by atoms with Crippen LogP contribution in [0, 0.1) is 5.92 Å². The van der Waals surface area contributed by atoms with E-state index >= 15 is 0 Å². The highest BCUT2D eigenvalue weighted by Crippen LogP contribution is 2.31. The first-order valence-corrected chi connectivity index (χ1v) is 6.40. The summed E-state index contributed by atoms with van der Waals surface area (Å²) in [5.41, 5.74) is 7.36. The molecule has 1 atom stereocenters. The van der Waals surface area contributed by atoms with Gasteiger partial charge in [0.25, 0.3) is 0 Å². The van der Waals surface area contributed by atoms with Gasteiger partial charge >= 0.3 is 5.97 Å². The van der Waals surface area contributed by atoms with Gasteiger partial charge in [-0.1, -0.05) is 13.8 Å². The van der Waals surface area contributed by atoms with Gasteiger partial charge in [-0.2, -0.15) is 0 Å². The van der Waals surface area contributed by atoms with Crippen molar-refractivity contribution in [3.8, 4) is 0 Å². The molecule has 2 rings (SSSR count). The van der Waals surface area contributed by atoms with Crippen LogP contribution in [-0.4, -0.2) is 23.7 Å². The van der Waals surface area contributed by atoms with E-state index in [2.05, 4.69) is 18.7 Å². The standard InChI is InChI=1S/C14H20N2O2/c1-9(2)13-4-3-7-16(13)10-5-6-11(14(17)18)12(15)8-10/h5-6,8-9,13H,3-4,7,15H2,1-2H3,(H,17,18). The maximum atomic E-state index is 10.9. The lowest BCUT2D eigenvalue weighted by Gasteiger charge is -2.30. The van der Waals surface area contributed by atoms with Gasteiger partial charge in [0.15, 0.2) is 0 Å². The molecule has 1 fully saturated rings. The second-order valence-electron chi connectivity index (χ2n) is 5.22. The van der Waals surface area contributed by atoms with Crippen molar-refractivity contribution in [1.82, 2.24) is 0 Å². The fourth-order valence-corrected chi connectivity index (χ4v) is 2.73. The average molecular weight is 248 g/mol. The van der Waals surface area contributed by atoms with Gasteiger partial charge in [-0.05, 0) is 37.0 Å². The summed E-state index contributed by atoms with van der Waals surface area (Å²) < 4.78 is 0. The third kappa shape index (κ3) is 2.28. The number of nitrogen functional groups attached to an aromatic ring is 1. The fraction of sp³-hybridized carbons (Fsp3) is 0.500. The van der Waals surface area contributed by atoms with E-state index in [4.69, 9.17) is 10.8 Å². The molecule has 1 aromatic rings. The first-order chi connectivity index (χ1) is 8.50. The van der Waals surface area contributed by atoms with Gasteiger partial charge in [-0.25, -0.2) is 4.79 Å². The summed E-state index contributed by atoms with van der Waals surface area (Å²) in [6.45, 7) is 5.46. The Balaban J connectivity index is 2.29. The zero-order valence-corrected chi connectivity index (χ0v) is 10.9. The minimum absolute atomic E-state index is 0.180. The summed E-state index contributed by atoms with van der Waals surface area (Å²) in [6.07, 6.45) is 2.38. The molecule has 1 saturated heterocycles. The van der Waals surface area contributed by atoms with Crippen LogP contribution >= 0.6 is 0 Å². The molecular formula is C14H20N2O2. The maximum Gasteiger partial charge on any atom is 0.337 e. The smallest absolute Gasteiger partial charge is 0.337 e. The summed E-state index contributed by atoms with van der Waals surface area (Å²) in [7, 11) is 0. The zero-order chi connectivity index (χ0) is 13.3. The summed E-state index contributed by atoms with van der Waals surface area (Å²) in [5, 5.41) is 8.97. The van der Waals surface area contributed by atoms with E-state index < -0.39 is 5.97 Å². The summed E-state index contributed by atoms with van der Waals surface area (Å²) >= 11 is 0. The quantitative estimate of drug-likeness (QED) is 0.807. The topological polar surface area (TPSA) is 66.6 Å². The SMILES string of the molecule is CC(C)C1CCCN1c1ccc(C(=O)O)c(N)c1. The molecule has 4 heteroatoms. The fourth-order valence-electron chi connectivity index (χ4n) is 2.73. The highest BCUT2D eigenvalue weighted by Gasteiger charge is 2.27. The predicted molar refractivity (Wildman–Crippen MR) is 73.0 cm³/mol. The molecule has 1 heterocycles. The Bertz CT molecular complexity index is 457. The summed E-state index contributed by atoms with van der Waals surface area (Å²) in [6, 6.07) is 5.77. The van der Waals surface area contributed by atoms with Crippen molar-refractivity contribution in [3.63, 3.8) is 0 Å². The first-order valence-electron chi connectivity index (χ1n) is 6.40. The molecule has 0 amide bonds. The number of rotatable bonds is 3. The van der Waals surface area contributed by atoms with Crippen LogP contribution in [0.15, 0.2) is 18.2 Å². The Morgan fingerprint density at radius 3 is 2.78 bits per heavy atom. The van der Waals surface area contributed by atoms with Crippen molar-refractivity contribution in [1.29, 1.82) is 0 Å². The number of anilines is 2. The van der Waals surface area contributed by atoms with Gasteiger partial charge < -0.3 is 15.7 Å². The molecule has 98 valence electrons. The third-order valence-electron chi connectivity index (χ3n) is 3.67. The van der Waals surface area contributed by atoms with Gasteiger partial charge in [0.2, 0.25) is 0 Å². The summed E-state index contributed by atoms with van der Waals surface area (Å²) in [4.78, 5) is 13.3. The molecule has 1 aliphatic heterocycles. The molecule has 18 heavy (non-hydrogen) atoms. The molecule has 0 bridgehead atoms. The lowest BCUT2D eigenvalue weighted by Crippen LogP contribution is -2.33. The number of hydrogen-bond donors (Lipinski definition) is 2. The van der Waals surface area contributed by atoms with E-state index in [0.29, 0.717) is 17.6 Å². The maximum absolute atomic E-state index is 10.9. The van der Waals surface area contributed by atoms with E-state index in [9.17, 15) is 4.79 Å². The van der Waals surface area contributed by atoms with Crippen LogP contribution in [0.4, 0.5) is 11.4 Å². The molecule has 4 nitrogen and oxygen atoms in total. The van der Waals surface area contributed by atoms with Gasteiger partial charge in [-0.3, -0.25) is 0 Å². The van der Waals surface area contributed by atoms with Crippen LogP contribution in [-0.2, 0) is 0 Å². The van der Waals surface area contributed by atoms with Gasteiger partial charge in [0.1, 0.15) is 0 Å². The number of aromatic carboxylic acids is 1. The molecule has 1 unspecified atom stereocenters. The number of benzene rings is 1. The number of carboxylic acids is 1. The van der Waals surface area contributed by atoms with Crippen LogP contribution in [0.5, 0.6) is 0 Å². The number of nitrogens with two attached hydrogens (primary N) is 1. The second kappa shape index (κ2) is 4.88. The van der Waals surface area contributed by atoms with Crippen molar-refractivity contribution in [2.45, 2.75) is 32.7 Å². The molecular weight excluding hydrogens is 228 g/mol. The molecule has 0 spiro atoms. The lowest BCUT2D eigenvalue weighted by molar-refractivity contribution is 0.0698. The van der Waals surface area contributed by atoms with E-state index in [1.54, 1.807) is 12.1 Å². The molecule has 1 aromatic carbocycles. The van der Waals surface area contributed by atoms with Crippen LogP contribution < -0.4 is 10.6 Å². The molecule has 0 aromatic heterocycles. The third-order valence-corrected chi connectivity index (χ3v) is 3.67. The molecule has 0 radical (unpaired) electrons. The van der Waals surface area contributed by atoms with Crippen molar-refractivity contribution >= 4 is 17.3 Å². The van der Waals surface area contributed by atoms with Gasteiger partial charge in [-0.15, -0.1) is 0 Å². The van der Waals surface area contributed by atoms with Crippen LogP contribution in [0.3, 0.4) is 0 Å². The van der Waals surface area contributed by atoms with Gasteiger partial charge in [0.05, 0.1) is 5.56 Å². The van der Waals surface area contributed by atoms with E-state index in [-0.39, 0.29) is 5.56 Å². The minimum Gasteiger partial charge on any atom is -0.478 e. The van der Waals surface area contributed by atoms with Gasteiger partial charge in [0, 0.05) is 24.0 Å². The lowest BCUT2D eigenvalue weighted by atomic mass is 10.0. The van der Waals surface area contributed by atoms with Crippen molar-refractivity contribution in [2.75, 3.05) is 17.2 Å². The van der Waals surface area contributed by atoms with Crippen molar-refractivity contribution < 1.29 is 9.90 Å². The largest absolute Gasteiger partial charge is 0.478 e. The Morgan fingerprint density at radius 2 is 2.22 bits per heavy atom. The predicted octanol–water partition coefficient (Wildman–Crippen LogP) is 2.59. The number of nitrogens with zero attached hydrogens (tertiary/aromatic N) is 1. The Morgan fingerprint density at radius 1 is 1.50 bits per heavy atom. The van der Waals surface area contributed by atoms with E-state index in [0.717, 1.165) is 12.2 Å². The Labute approximate surface area is 107 Å². The second-order valence-corrected chi connectivity index (χ2v) is 5.22. The van der Waals surface area contributed by atoms with Crippen LogP contribution in [0.25, 0.3) is 0 Å². The summed E-state index contributed by atoms with van der Waals surface area (Å²) in [5.74, 6) is -0.381. The molecule has 0 aliphatic carbocycles. The number of carboxylic acid groups (broad SMARTS) is 1. The van der Waals surface area contributed by atoms with E-state index in [1.165, 1.54) is 12.8 Å². The number of hydrogen-bond acceptors (Lipinski definition) is 3. The van der Waals surface area contributed by atoms with Crippen molar-refractivity contribution in [3.05, 3.63) is 23.8 Å². The van der Waals surface area contributed by atoms with Crippen LogP contribution in [0.2, 0.25) is 0 Å². The normalized spacial score (nSPS) is 19.5. The highest BCUT2D eigenvalue weighted by atomic mass is 16.4. The number of carbonyl (C=O) groups is 1. The molecule has 1 aliphatic rings. The zero-order valence-electron chi connectivity index (χ0n) is 10.9. The van der Waals surface area contributed by atoms with Crippen molar-refractivity contribution in [2.24, 2.45) is 5.92 Å². The van der Waals surface area contributed by atoms with Crippen LogP contribution in [0.1, 0.15) is 37.0 Å².